The van der Waals surface area contributed by atoms with Gasteiger partial charge in [0.25, 0.3) is 0 Å². The fraction of sp³-hybridized carbons (Fsp3) is 0. The first kappa shape index (κ1) is 8.09. The molecule has 0 saturated heterocycles. The van der Waals surface area contributed by atoms with Gasteiger partial charge in [0, 0.05) is 18.6 Å². The quantitative estimate of drug-likeness (QED) is 0.616. The number of aromatic nitrogens is 3. The molecule has 2 heterocycles. The van der Waals surface area contributed by atoms with Gasteiger partial charge >= 0.3 is 6.98 Å². The minimum absolute atomic E-state index is 0.144. The molecular weight excluding hydrogens is 182 g/mol. The number of rotatable bonds is 1. The number of fused-ring (bicyclic) bond motifs is 1. The molecule has 2 aromatic rings. The predicted molar refractivity (Wildman–Crippen MR) is 41.7 cm³/mol. The van der Waals surface area contributed by atoms with Crippen molar-refractivity contribution in [1.29, 1.82) is 0 Å². The Morgan fingerprint density at radius 3 is 2.77 bits per heavy atom. The van der Waals surface area contributed by atoms with Gasteiger partial charge in [0.05, 0.1) is 0 Å². The lowest BCUT2D eigenvalue weighted by molar-refractivity contribution is 0.501. The SMILES string of the molecule is F[B-](F)(F)c1cnn2cccnc12. The van der Waals surface area contributed by atoms with Gasteiger partial charge in [0.2, 0.25) is 0 Å². The van der Waals surface area contributed by atoms with Crippen LogP contribution in [0.25, 0.3) is 5.65 Å². The molecule has 0 bridgehead atoms. The third-order valence-electron chi connectivity index (χ3n) is 1.66. The van der Waals surface area contributed by atoms with Gasteiger partial charge < -0.3 is 12.9 Å². The first-order valence-corrected chi connectivity index (χ1v) is 3.57. The zero-order valence-electron chi connectivity index (χ0n) is 6.36. The molecule has 0 N–H and O–H groups in total. The molecule has 0 aliphatic carbocycles. The summed E-state index contributed by atoms with van der Waals surface area (Å²) in [4.78, 5) is 3.60. The Morgan fingerprint density at radius 1 is 1.31 bits per heavy atom. The molecule has 0 unspecified atom stereocenters. The van der Waals surface area contributed by atoms with Crippen LogP contribution in [0.5, 0.6) is 0 Å². The van der Waals surface area contributed by atoms with Gasteiger partial charge in [0.1, 0.15) is 5.65 Å². The van der Waals surface area contributed by atoms with Gasteiger partial charge in [0.15, 0.2) is 0 Å². The zero-order valence-corrected chi connectivity index (χ0v) is 6.36. The van der Waals surface area contributed by atoms with Crippen LogP contribution in [0.1, 0.15) is 0 Å². The third-order valence-corrected chi connectivity index (χ3v) is 1.66. The standard InChI is InChI=1S/C6H4BF3N3/c8-7(9,10)5-4-12-13-3-1-2-11-6(5)13/h1-4H/q-1. The lowest BCUT2D eigenvalue weighted by Crippen LogP contribution is -2.33. The van der Waals surface area contributed by atoms with E-state index in [1.807, 2.05) is 0 Å². The summed E-state index contributed by atoms with van der Waals surface area (Å²) in [5.74, 6) is 0. The first-order valence-electron chi connectivity index (χ1n) is 3.57. The van der Waals surface area contributed by atoms with E-state index < -0.39 is 12.4 Å². The second-order valence-corrected chi connectivity index (χ2v) is 2.56. The monoisotopic (exact) mass is 186 g/mol. The molecular formula is C6H4BF3N3-. The van der Waals surface area contributed by atoms with E-state index in [-0.39, 0.29) is 5.65 Å². The maximum Gasteiger partial charge on any atom is 0.514 e. The van der Waals surface area contributed by atoms with Crippen LogP contribution in [0.2, 0.25) is 0 Å². The second kappa shape index (κ2) is 2.48. The van der Waals surface area contributed by atoms with E-state index in [0.717, 1.165) is 10.7 Å². The Kier molecular flexibility index (Phi) is 1.54. The van der Waals surface area contributed by atoms with Crippen molar-refractivity contribution in [3.05, 3.63) is 24.7 Å². The summed E-state index contributed by atoms with van der Waals surface area (Å²) in [5.41, 5.74) is -0.893. The van der Waals surface area contributed by atoms with Crippen LogP contribution >= 0.6 is 0 Å². The summed E-state index contributed by atoms with van der Waals surface area (Å²) in [6, 6.07) is 1.52. The smallest absolute Gasteiger partial charge is 0.445 e. The molecule has 0 aromatic carbocycles. The minimum atomic E-state index is -5.02. The van der Waals surface area contributed by atoms with E-state index in [2.05, 4.69) is 10.1 Å². The van der Waals surface area contributed by atoms with Gasteiger partial charge in [-0.15, -0.1) is 0 Å². The Labute approximate surface area is 71.3 Å². The summed E-state index contributed by atoms with van der Waals surface area (Å²) in [7, 11) is 0. The average Bonchev–Trinajstić information content (AvgIpc) is 2.45. The van der Waals surface area contributed by atoms with Crippen LogP contribution in [0.15, 0.2) is 24.7 Å². The van der Waals surface area contributed by atoms with E-state index >= 15 is 0 Å². The highest BCUT2D eigenvalue weighted by Crippen LogP contribution is 2.10. The van der Waals surface area contributed by atoms with E-state index in [9.17, 15) is 12.9 Å². The van der Waals surface area contributed by atoms with E-state index in [1.54, 1.807) is 0 Å². The summed E-state index contributed by atoms with van der Waals surface area (Å²) < 4.78 is 38.1. The van der Waals surface area contributed by atoms with Crippen LogP contribution in [0.4, 0.5) is 12.9 Å². The topological polar surface area (TPSA) is 30.2 Å². The third kappa shape index (κ3) is 1.26. The molecule has 13 heavy (non-hydrogen) atoms. The Bertz CT molecular complexity index is 436. The van der Waals surface area contributed by atoms with Gasteiger partial charge in [-0.25, -0.2) is 9.50 Å². The normalized spacial score (nSPS) is 12.2. The summed E-state index contributed by atoms with van der Waals surface area (Å²) in [5, 5.41) is 3.53. The van der Waals surface area contributed by atoms with E-state index in [4.69, 9.17) is 0 Å². The maximum absolute atomic E-state index is 12.3. The van der Waals surface area contributed by atoms with Crippen molar-refractivity contribution in [2.24, 2.45) is 0 Å². The number of halogens is 3. The highest BCUT2D eigenvalue weighted by Gasteiger charge is 2.29. The van der Waals surface area contributed by atoms with E-state index in [1.165, 1.54) is 18.5 Å². The molecule has 0 atom stereocenters. The fourth-order valence-electron chi connectivity index (χ4n) is 1.08. The molecule has 3 nitrogen and oxygen atoms in total. The zero-order chi connectivity index (χ0) is 9.47. The molecule has 0 fully saturated rings. The molecule has 0 aliphatic heterocycles. The molecule has 0 radical (unpaired) electrons. The van der Waals surface area contributed by atoms with Gasteiger partial charge in [-0.3, -0.25) is 0 Å². The molecule has 7 heteroatoms. The van der Waals surface area contributed by atoms with E-state index in [0.29, 0.717) is 0 Å². The lowest BCUT2D eigenvalue weighted by Gasteiger charge is -2.10. The van der Waals surface area contributed by atoms with Crippen LogP contribution in [-0.4, -0.2) is 21.6 Å². The van der Waals surface area contributed by atoms with Crippen LogP contribution in [0, 0.1) is 0 Å². The fourth-order valence-corrected chi connectivity index (χ4v) is 1.08. The van der Waals surface area contributed by atoms with Crippen molar-refractivity contribution in [3.63, 3.8) is 0 Å². The summed E-state index contributed by atoms with van der Waals surface area (Å²) in [6.45, 7) is -5.02. The summed E-state index contributed by atoms with van der Waals surface area (Å²) >= 11 is 0. The average molecular weight is 186 g/mol. The molecule has 2 aromatic heterocycles. The van der Waals surface area contributed by atoms with Crippen LogP contribution in [-0.2, 0) is 0 Å². The van der Waals surface area contributed by atoms with Crippen molar-refractivity contribution in [2.75, 3.05) is 0 Å². The molecule has 0 spiro atoms. The Balaban J connectivity index is 2.72. The van der Waals surface area contributed by atoms with Crippen molar-refractivity contribution in [3.8, 4) is 0 Å². The predicted octanol–water partition coefficient (Wildman–Crippen LogP) is 0.784. The first-order chi connectivity index (χ1) is 6.09. The minimum Gasteiger partial charge on any atom is -0.445 e. The molecule has 68 valence electrons. The van der Waals surface area contributed by atoms with Gasteiger partial charge in [-0.2, -0.15) is 5.10 Å². The highest BCUT2D eigenvalue weighted by atomic mass is 19.4. The highest BCUT2D eigenvalue weighted by molar-refractivity contribution is 6.75. The molecule has 2 rings (SSSR count). The Morgan fingerprint density at radius 2 is 2.08 bits per heavy atom. The van der Waals surface area contributed by atoms with Crippen molar-refractivity contribution < 1.29 is 12.9 Å². The summed E-state index contributed by atoms with van der Waals surface area (Å²) in [6.07, 6.45) is 3.53. The second-order valence-electron chi connectivity index (χ2n) is 2.56. The number of hydrogen-bond acceptors (Lipinski definition) is 2. The molecule has 0 amide bonds. The number of hydrogen-bond donors (Lipinski definition) is 0. The van der Waals surface area contributed by atoms with Gasteiger partial charge in [-0.1, -0.05) is 0 Å². The van der Waals surface area contributed by atoms with Crippen molar-refractivity contribution in [1.82, 2.24) is 14.6 Å². The van der Waals surface area contributed by atoms with Gasteiger partial charge in [-0.05, 0) is 11.5 Å². The number of nitrogens with zero attached hydrogens (tertiary/aromatic N) is 3. The Hall–Kier alpha value is -1.53. The van der Waals surface area contributed by atoms with Crippen LogP contribution < -0.4 is 5.46 Å². The lowest BCUT2D eigenvalue weighted by atomic mass is 9.82. The van der Waals surface area contributed by atoms with Crippen molar-refractivity contribution in [2.45, 2.75) is 0 Å². The maximum atomic E-state index is 12.3. The van der Waals surface area contributed by atoms with Crippen LogP contribution in [0.3, 0.4) is 0 Å². The molecule has 0 saturated carbocycles. The van der Waals surface area contributed by atoms with Crippen molar-refractivity contribution >= 4 is 18.1 Å². The largest absolute Gasteiger partial charge is 0.514 e. The molecule has 0 aliphatic rings.